The van der Waals surface area contributed by atoms with Gasteiger partial charge in [-0.25, -0.2) is 0 Å². The highest BCUT2D eigenvalue weighted by atomic mass is 16.5. The van der Waals surface area contributed by atoms with Gasteiger partial charge < -0.3 is 15.0 Å². The summed E-state index contributed by atoms with van der Waals surface area (Å²) >= 11 is 0. The van der Waals surface area contributed by atoms with Crippen LogP contribution in [-0.2, 0) is 9.59 Å². The number of amides is 2. The molecule has 1 atom stereocenters. The number of methoxy groups -OCH3 is 1. The van der Waals surface area contributed by atoms with Crippen LogP contribution in [0.3, 0.4) is 0 Å². The van der Waals surface area contributed by atoms with Crippen LogP contribution in [-0.4, -0.2) is 36.9 Å². The van der Waals surface area contributed by atoms with Crippen molar-refractivity contribution in [2.24, 2.45) is 5.41 Å². The monoisotopic (exact) mass is 328 g/mol. The van der Waals surface area contributed by atoms with Crippen LogP contribution < -0.4 is 10.1 Å². The second-order valence-corrected chi connectivity index (χ2v) is 7.47. The Hall–Kier alpha value is -2.04. The first-order chi connectivity index (χ1) is 11.6. The predicted octanol–water partition coefficient (Wildman–Crippen LogP) is 2.91. The number of hydrogen-bond acceptors (Lipinski definition) is 3. The molecule has 2 fully saturated rings. The number of hydrogen-bond donors (Lipinski definition) is 1. The molecular weight excluding hydrogens is 304 g/mol. The lowest BCUT2D eigenvalue weighted by molar-refractivity contribution is -0.134. The van der Waals surface area contributed by atoms with Gasteiger partial charge in [0.2, 0.25) is 11.8 Å². The van der Waals surface area contributed by atoms with Crippen molar-refractivity contribution in [2.75, 3.05) is 25.5 Å². The molecule has 24 heavy (non-hydrogen) atoms. The maximum absolute atomic E-state index is 13.2. The summed E-state index contributed by atoms with van der Waals surface area (Å²) in [6.45, 7) is 1.69. The number of fused-ring (bicyclic) bond motifs is 1. The number of ether oxygens (including phenoxy) is 1. The van der Waals surface area contributed by atoms with Gasteiger partial charge in [0.25, 0.3) is 0 Å². The van der Waals surface area contributed by atoms with Gasteiger partial charge in [-0.05, 0) is 48.4 Å². The highest BCUT2D eigenvalue weighted by Crippen LogP contribution is 2.46. The highest BCUT2D eigenvalue weighted by Gasteiger charge is 2.44. The fraction of sp³-hybridized carbons (Fsp3) is 0.579. The van der Waals surface area contributed by atoms with Gasteiger partial charge in [-0.2, -0.15) is 0 Å². The van der Waals surface area contributed by atoms with Crippen molar-refractivity contribution in [3.63, 3.8) is 0 Å². The number of carbonyl (C=O) groups is 2. The van der Waals surface area contributed by atoms with Crippen LogP contribution in [0.2, 0.25) is 0 Å². The van der Waals surface area contributed by atoms with Gasteiger partial charge in [-0.1, -0.05) is 12.8 Å². The molecule has 2 amide bonds. The van der Waals surface area contributed by atoms with Crippen molar-refractivity contribution in [2.45, 2.75) is 44.4 Å². The van der Waals surface area contributed by atoms with E-state index in [1.54, 1.807) is 7.11 Å². The average molecular weight is 328 g/mol. The number of nitrogens with zero attached hydrogens (tertiary/aromatic N) is 1. The number of likely N-dealkylation sites (tertiary alicyclic amines) is 1. The van der Waals surface area contributed by atoms with E-state index in [2.05, 4.69) is 5.32 Å². The van der Waals surface area contributed by atoms with E-state index >= 15 is 0 Å². The smallest absolute Gasteiger partial charge is 0.230 e. The summed E-state index contributed by atoms with van der Waals surface area (Å²) in [5.41, 5.74) is 1.97. The quantitative estimate of drug-likeness (QED) is 0.908. The van der Waals surface area contributed by atoms with Gasteiger partial charge in [0.05, 0.1) is 13.0 Å². The Morgan fingerprint density at radius 1 is 1.29 bits per heavy atom. The molecule has 2 heterocycles. The molecule has 0 unspecified atom stereocenters. The van der Waals surface area contributed by atoms with Gasteiger partial charge in [-0.15, -0.1) is 0 Å². The fourth-order valence-electron chi connectivity index (χ4n) is 4.66. The second kappa shape index (κ2) is 5.80. The molecule has 5 nitrogen and oxygen atoms in total. The number of anilines is 1. The zero-order chi connectivity index (χ0) is 16.7. The number of rotatable bonds is 2. The molecule has 1 saturated heterocycles. The molecule has 1 aliphatic carbocycles. The topological polar surface area (TPSA) is 58.6 Å². The lowest BCUT2D eigenvalue weighted by Crippen LogP contribution is -2.38. The molecule has 128 valence electrons. The van der Waals surface area contributed by atoms with E-state index in [1.807, 2.05) is 23.1 Å². The van der Waals surface area contributed by atoms with Crippen molar-refractivity contribution in [3.05, 3.63) is 23.8 Å². The molecule has 2 aliphatic heterocycles. The molecule has 1 aromatic carbocycles. The van der Waals surface area contributed by atoms with Crippen molar-refractivity contribution in [1.29, 1.82) is 0 Å². The number of benzene rings is 1. The Morgan fingerprint density at radius 3 is 2.83 bits per heavy atom. The van der Waals surface area contributed by atoms with Gasteiger partial charge in [-0.3, -0.25) is 9.59 Å². The van der Waals surface area contributed by atoms with Crippen molar-refractivity contribution in [1.82, 2.24) is 4.90 Å². The van der Waals surface area contributed by atoms with E-state index in [-0.39, 0.29) is 24.2 Å². The van der Waals surface area contributed by atoms with Crippen LogP contribution in [0.25, 0.3) is 0 Å². The van der Waals surface area contributed by atoms with Gasteiger partial charge in [0.15, 0.2) is 0 Å². The zero-order valence-electron chi connectivity index (χ0n) is 14.1. The Bertz CT molecular complexity index is 679. The zero-order valence-corrected chi connectivity index (χ0v) is 14.1. The molecule has 1 saturated carbocycles. The molecule has 1 spiro atoms. The average Bonchev–Trinajstić information content (AvgIpc) is 3.23. The van der Waals surface area contributed by atoms with Crippen molar-refractivity contribution >= 4 is 17.5 Å². The summed E-state index contributed by atoms with van der Waals surface area (Å²) in [4.78, 5) is 27.2. The first-order valence-corrected chi connectivity index (χ1v) is 8.87. The maximum Gasteiger partial charge on any atom is 0.230 e. The van der Waals surface area contributed by atoms with E-state index in [9.17, 15) is 9.59 Å². The van der Waals surface area contributed by atoms with Crippen LogP contribution in [0.4, 0.5) is 5.69 Å². The SMILES string of the molecule is COc1ccc2c(c1)[C@H](C(=O)N1CCC3(CCCC3)C1)CC(=O)N2. The molecule has 0 radical (unpaired) electrons. The van der Waals surface area contributed by atoms with Crippen LogP contribution in [0, 0.1) is 5.41 Å². The minimum atomic E-state index is -0.389. The lowest BCUT2D eigenvalue weighted by atomic mass is 9.85. The number of nitrogens with one attached hydrogen (secondary N) is 1. The molecule has 3 aliphatic rings. The van der Waals surface area contributed by atoms with Gasteiger partial charge in [0, 0.05) is 25.2 Å². The van der Waals surface area contributed by atoms with Crippen molar-refractivity contribution in [3.8, 4) is 5.75 Å². The molecule has 0 aromatic heterocycles. The molecule has 4 rings (SSSR count). The second-order valence-electron chi connectivity index (χ2n) is 7.47. The normalized spacial score (nSPS) is 24.8. The molecule has 5 heteroatoms. The van der Waals surface area contributed by atoms with Crippen LogP contribution in [0.5, 0.6) is 5.75 Å². The molecule has 0 bridgehead atoms. The van der Waals surface area contributed by atoms with Gasteiger partial charge in [0.1, 0.15) is 5.75 Å². The summed E-state index contributed by atoms with van der Waals surface area (Å²) in [5, 5.41) is 2.87. The van der Waals surface area contributed by atoms with Crippen LogP contribution in [0.1, 0.15) is 50.0 Å². The first kappa shape index (κ1) is 15.5. The fourth-order valence-corrected chi connectivity index (χ4v) is 4.66. The number of carbonyl (C=O) groups excluding carboxylic acids is 2. The minimum Gasteiger partial charge on any atom is -0.497 e. The Balaban J connectivity index is 1.60. The molecular formula is C19H24N2O3. The third-order valence-corrected chi connectivity index (χ3v) is 6.01. The summed E-state index contributed by atoms with van der Waals surface area (Å²) in [6, 6.07) is 5.53. The van der Waals surface area contributed by atoms with E-state index in [0.717, 1.165) is 36.5 Å². The largest absolute Gasteiger partial charge is 0.497 e. The minimum absolute atomic E-state index is 0.0826. The molecule has 1 N–H and O–H groups in total. The summed E-state index contributed by atoms with van der Waals surface area (Å²) < 4.78 is 5.30. The molecule has 1 aromatic rings. The predicted molar refractivity (Wildman–Crippen MR) is 91.1 cm³/mol. The standard InChI is InChI=1S/C19H24N2O3/c1-24-13-4-5-16-14(10-13)15(11-17(22)20-16)18(23)21-9-8-19(12-21)6-2-3-7-19/h4-5,10,15H,2-3,6-9,11-12H2,1H3,(H,20,22)/t15-/m1/s1. The first-order valence-electron chi connectivity index (χ1n) is 8.87. The summed E-state index contributed by atoms with van der Waals surface area (Å²) in [5.74, 6) is 0.348. The van der Waals surface area contributed by atoms with E-state index in [1.165, 1.54) is 25.7 Å². The third-order valence-electron chi connectivity index (χ3n) is 6.01. The Kier molecular flexibility index (Phi) is 3.74. The van der Waals surface area contributed by atoms with Gasteiger partial charge >= 0.3 is 0 Å². The van der Waals surface area contributed by atoms with Crippen LogP contribution >= 0.6 is 0 Å². The van der Waals surface area contributed by atoms with E-state index in [0.29, 0.717) is 5.41 Å². The van der Waals surface area contributed by atoms with E-state index < -0.39 is 0 Å². The summed E-state index contributed by atoms with van der Waals surface area (Å²) in [7, 11) is 1.62. The summed E-state index contributed by atoms with van der Waals surface area (Å²) in [6.07, 6.45) is 6.39. The van der Waals surface area contributed by atoms with E-state index in [4.69, 9.17) is 4.74 Å². The Morgan fingerprint density at radius 2 is 2.08 bits per heavy atom. The van der Waals surface area contributed by atoms with Crippen molar-refractivity contribution < 1.29 is 14.3 Å². The highest BCUT2D eigenvalue weighted by molar-refractivity contribution is 6.01. The van der Waals surface area contributed by atoms with Crippen LogP contribution in [0.15, 0.2) is 18.2 Å². The Labute approximate surface area is 142 Å². The lowest BCUT2D eigenvalue weighted by Gasteiger charge is -2.30. The third kappa shape index (κ3) is 2.56. The maximum atomic E-state index is 13.2.